The summed E-state index contributed by atoms with van der Waals surface area (Å²) in [4.78, 5) is 56.6. The maximum atomic E-state index is 11.5. The van der Waals surface area contributed by atoms with Gasteiger partial charge in [0, 0.05) is 22.9 Å². The molecule has 11 nitrogen and oxygen atoms in total. The number of likely N-dealkylation sites (tertiary alicyclic amines) is 1. The summed E-state index contributed by atoms with van der Waals surface area (Å²) in [7, 11) is 1.54. The monoisotopic (exact) mass is 684 g/mol. The molecule has 3 fully saturated rings. The predicted octanol–water partition coefficient (Wildman–Crippen LogP) is 6.79. The van der Waals surface area contributed by atoms with Crippen LogP contribution in [0.15, 0.2) is 24.8 Å². The van der Waals surface area contributed by atoms with Crippen LogP contribution < -0.4 is 22.1 Å². The van der Waals surface area contributed by atoms with Crippen LogP contribution in [0.25, 0.3) is 0 Å². The van der Waals surface area contributed by atoms with Gasteiger partial charge in [0.2, 0.25) is 17.7 Å². The zero-order chi connectivity index (χ0) is 36.6. The lowest BCUT2D eigenvalue weighted by Gasteiger charge is -2.18. The van der Waals surface area contributed by atoms with Crippen molar-refractivity contribution in [1.29, 1.82) is 0 Å². The van der Waals surface area contributed by atoms with E-state index in [0.29, 0.717) is 31.9 Å². The Morgan fingerprint density at radius 2 is 1.50 bits per heavy atom. The van der Waals surface area contributed by atoms with Crippen molar-refractivity contribution in [2.45, 2.75) is 143 Å². The highest BCUT2D eigenvalue weighted by molar-refractivity contribution is 5.86. The van der Waals surface area contributed by atoms with Gasteiger partial charge in [0.15, 0.2) is 0 Å². The number of hydrogen-bond acceptors (Lipinski definition) is 6. The van der Waals surface area contributed by atoms with E-state index in [1.807, 2.05) is 26.8 Å². The third-order valence-corrected chi connectivity index (χ3v) is 7.92. The molecule has 0 bridgehead atoms. The minimum atomic E-state index is -0.564. The SMILES string of the molecule is C1CCCCC1.C=CCCC.CC.CCOC(=O)C1CC1/C=C\CCCCCCC(=O)NCC(=O)NC.NC(=O)[C@H]1CCCN1C(N)=O.[HH].[HH]. The highest BCUT2D eigenvalue weighted by Crippen LogP contribution is 2.40. The second-order valence-corrected chi connectivity index (χ2v) is 11.9. The summed E-state index contributed by atoms with van der Waals surface area (Å²) in [5.74, 6) is -0.348. The molecule has 0 spiro atoms. The number of urea groups is 1. The first-order valence-electron chi connectivity index (χ1n) is 18.4. The number of nitrogens with two attached hydrogens (primary N) is 2. The number of unbranched alkanes of at least 4 members (excludes halogenated alkanes) is 5. The van der Waals surface area contributed by atoms with Crippen LogP contribution in [0.1, 0.15) is 140 Å². The van der Waals surface area contributed by atoms with Crippen LogP contribution in [0.3, 0.4) is 0 Å². The second-order valence-electron chi connectivity index (χ2n) is 11.9. The quantitative estimate of drug-likeness (QED) is 0.0840. The molecule has 5 amide bonds. The lowest BCUT2D eigenvalue weighted by Crippen LogP contribution is -2.46. The number of amides is 5. The average Bonchev–Trinajstić information content (AvgIpc) is 3.69. The molecule has 0 aromatic heterocycles. The first-order chi connectivity index (χ1) is 23.1. The van der Waals surface area contributed by atoms with Crippen LogP contribution in [0, 0.1) is 11.8 Å². The summed E-state index contributed by atoms with van der Waals surface area (Å²) >= 11 is 0. The fraction of sp³-hybridized carbons (Fsp3) is 0.757. The van der Waals surface area contributed by atoms with E-state index in [4.69, 9.17) is 16.2 Å². The molecule has 1 aliphatic heterocycles. The lowest BCUT2D eigenvalue weighted by atomic mass is 10.0. The van der Waals surface area contributed by atoms with Crippen molar-refractivity contribution in [3.05, 3.63) is 24.8 Å². The van der Waals surface area contributed by atoms with Crippen molar-refractivity contribution in [2.75, 3.05) is 26.7 Å². The molecular formula is C37H73N5O6. The van der Waals surface area contributed by atoms with Crippen molar-refractivity contribution in [2.24, 2.45) is 23.3 Å². The fourth-order valence-corrected chi connectivity index (χ4v) is 5.07. The zero-order valence-electron chi connectivity index (χ0n) is 30.9. The third-order valence-electron chi connectivity index (χ3n) is 7.92. The van der Waals surface area contributed by atoms with Crippen LogP contribution in [0.2, 0.25) is 0 Å². The van der Waals surface area contributed by atoms with Gasteiger partial charge < -0.3 is 31.7 Å². The molecule has 282 valence electrons. The molecule has 0 aromatic rings. The van der Waals surface area contributed by atoms with Crippen LogP contribution in [0.4, 0.5) is 4.79 Å². The largest absolute Gasteiger partial charge is 0.466 e. The molecule has 3 rings (SSSR count). The topological polar surface area (TPSA) is 174 Å². The molecule has 1 saturated heterocycles. The average molecular weight is 684 g/mol. The molecule has 3 atom stereocenters. The van der Waals surface area contributed by atoms with Crippen LogP contribution in [0.5, 0.6) is 0 Å². The minimum Gasteiger partial charge on any atom is -0.466 e. The molecule has 6 N–H and O–H groups in total. The molecule has 2 saturated carbocycles. The number of esters is 1. The number of carbonyl (C=O) groups excluding carboxylic acids is 5. The molecule has 11 heteroatoms. The Balaban J connectivity index is -0.000000334. The molecule has 3 aliphatic rings. The van der Waals surface area contributed by atoms with Crippen LogP contribution >= 0.6 is 0 Å². The number of nitrogens with one attached hydrogen (secondary N) is 2. The van der Waals surface area contributed by atoms with Crippen molar-refractivity contribution in [1.82, 2.24) is 15.5 Å². The summed E-state index contributed by atoms with van der Waals surface area (Å²) in [5, 5.41) is 5.04. The van der Waals surface area contributed by atoms with Gasteiger partial charge in [-0.25, -0.2) is 4.79 Å². The summed E-state index contributed by atoms with van der Waals surface area (Å²) in [6.07, 6.45) is 25.5. The van der Waals surface area contributed by atoms with Crippen molar-refractivity contribution < 1.29 is 31.6 Å². The zero-order valence-corrected chi connectivity index (χ0v) is 30.9. The highest BCUT2D eigenvalue weighted by atomic mass is 16.5. The normalized spacial score (nSPS) is 18.9. The predicted molar refractivity (Wildman–Crippen MR) is 199 cm³/mol. The number of allylic oxidation sites excluding steroid dienone is 3. The van der Waals surface area contributed by atoms with Crippen LogP contribution in [-0.4, -0.2) is 67.4 Å². The number of rotatable bonds is 15. The van der Waals surface area contributed by atoms with Gasteiger partial charge in [-0.15, -0.1) is 6.58 Å². The van der Waals surface area contributed by atoms with E-state index >= 15 is 0 Å². The van der Waals surface area contributed by atoms with Gasteiger partial charge in [-0.3, -0.25) is 19.2 Å². The molecule has 1 heterocycles. The Labute approximate surface area is 294 Å². The molecule has 2 aliphatic carbocycles. The summed E-state index contributed by atoms with van der Waals surface area (Å²) < 4.78 is 5.00. The highest BCUT2D eigenvalue weighted by Gasteiger charge is 2.42. The van der Waals surface area contributed by atoms with Gasteiger partial charge in [0.05, 0.1) is 19.1 Å². The summed E-state index contributed by atoms with van der Waals surface area (Å²) in [6.45, 7) is 12.6. The fourth-order valence-electron chi connectivity index (χ4n) is 5.07. The first kappa shape index (κ1) is 46.7. The molecule has 0 aromatic carbocycles. The van der Waals surface area contributed by atoms with E-state index in [1.165, 1.54) is 49.8 Å². The maximum absolute atomic E-state index is 11.5. The molecular weight excluding hydrogens is 610 g/mol. The third kappa shape index (κ3) is 25.7. The Morgan fingerprint density at radius 3 is 1.96 bits per heavy atom. The number of ether oxygens (including phenoxy) is 1. The number of primary amides is 2. The smallest absolute Gasteiger partial charge is 0.315 e. The number of likely N-dealkylation sites (N-methyl/N-ethyl adjacent to an activating group) is 1. The van der Waals surface area contributed by atoms with E-state index in [-0.39, 0.29) is 33.1 Å². The lowest BCUT2D eigenvalue weighted by molar-refractivity contribution is -0.144. The Morgan fingerprint density at radius 1 is 0.896 bits per heavy atom. The van der Waals surface area contributed by atoms with Crippen molar-refractivity contribution in [3.8, 4) is 0 Å². The van der Waals surface area contributed by atoms with E-state index in [0.717, 1.165) is 51.4 Å². The van der Waals surface area contributed by atoms with Gasteiger partial charge in [0.1, 0.15) is 6.04 Å². The molecule has 0 radical (unpaired) electrons. The number of carbonyl (C=O) groups is 5. The second kappa shape index (κ2) is 32.2. The van der Waals surface area contributed by atoms with Gasteiger partial charge >= 0.3 is 12.0 Å². The number of hydrogen-bond donors (Lipinski definition) is 4. The number of nitrogens with zero attached hydrogens (tertiary/aromatic N) is 1. The van der Waals surface area contributed by atoms with Gasteiger partial charge in [-0.2, -0.15) is 0 Å². The van der Waals surface area contributed by atoms with E-state index in [1.54, 1.807) is 7.05 Å². The van der Waals surface area contributed by atoms with E-state index < -0.39 is 18.0 Å². The van der Waals surface area contributed by atoms with Gasteiger partial charge in [-0.05, 0) is 57.8 Å². The van der Waals surface area contributed by atoms with Gasteiger partial charge in [0.25, 0.3) is 0 Å². The first-order valence-corrected chi connectivity index (χ1v) is 18.4. The summed E-state index contributed by atoms with van der Waals surface area (Å²) in [5.41, 5.74) is 10.0. The van der Waals surface area contributed by atoms with Gasteiger partial charge in [-0.1, -0.05) is 96.8 Å². The minimum absolute atomic E-state index is 0. The Bertz CT molecular complexity index is 903. The molecule has 48 heavy (non-hydrogen) atoms. The van der Waals surface area contributed by atoms with Crippen molar-refractivity contribution in [3.63, 3.8) is 0 Å². The standard InChI is InChI=1S/C18H30N2O4.C6H11N3O2.C6H12.C5H10.C2H6.2H2/c1-3-24-18(23)15-12-14(15)10-8-6-4-5-7-9-11-16(21)20-13-17(22)19-2;7-5(10)4-2-1-3-9(4)6(8)11;1-2-4-6-5-3-1;1-3-5-4-2;1-2;;/h8,10,14-15H,3-7,9,11-13H2,1-2H3,(H,19,22)(H,20,21);4H,1-3H2,(H2,7,10)(H2,8,11);1-6H2;3H,1,4-5H2,2H3;1-2H3;2*1H/b10-8-;;;;;;/t;4-;;;;;/m.1...../s1. The Hall–Kier alpha value is -3.37. The molecule has 2 unspecified atom stereocenters. The maximum Gasteiger partial charge on any atom is 0.315 e. The van der Waals surface area contributed by atoms with Crippen molar-refractivity contribution >= 4 is 29.7 Å². The van der Waals surface area contributed by atoms with E-state index in [9.17, 15) is 24.0 Å². The Kier molecular flexibility index (Phi) is 31.4. The van der Waals surface area contributed by atoms with E-state index in [2.05, 4.69) is 36.3 Å². The summed E-state index contributed by atoms with van der Waals surface area (Å²) in [6, 6.07) is -1.04. The van der Waals surface area contributed by atoms with Crippen LogP contribution in [-0.2, 0) is 23.9 Å².